The van der Waals surface area contributed by atoms with Gasteiger partial charge in [-0.05, 0) is 0 Å². The fourth-order valence-electron chi connectivity index (χ4n) is 1.67. The van der Waals surface area contributed by atoms with Gasteiger partial charge in [0.15, 0.2) is 0 Å². The minimum atomic E-state index is -0.0536. The molecule has 0 spiro atoms. The van der Waals surface area contributed by atoms with Gasteiger partial charge in [-0.2, -0.15) is 0 Å². The number of allylic oxidation sites excluding steroid dienone is 1. The van der Waals surface area contributed by atoms with Gasteiger partial charge in [0.2, 0.25) is 0 Å². The maximum atomic E-state index is 3.48. The topological polar surface area (TPSA) is 0 Å². The van der Waals surface area contributed by atoms with E-state index in [1.54, 1.807) is 0 Å². The van der Waals surface area contributed by atoms with Gasteiger partial charge in [0.05, 0.1) is 0 Å². The molecule has 0 bridgehead atoms. The molecule has 0 amide bonds. The minimum absolute atomic E-state index is 0.0536. The Morgan fingerprint density at radius 1 is 1.33 bits per heavy atom. The third-order valence-corrected chi connectivity index (χ3v) is 4.33. The third-order valence-electron chi connectivity index (χ3n) is 2.30. The Labute approximate surface area is 81.1 Å². The van der Waals surface area contributed by atoms with Crippen LogP contribution < -0.4 is 0 Å². The van der Waals surface area contributed by atoms with E-state index in [0.717, 1.165) is 6.42 Å². The number of hydrogen-bond donors (Lipinski definition) is 0. The van der Waals surface area contributed by atoms with Gasteiger partial charge in [-0.25, -0.2) is 0 Å². The standard InChI is InChI=1S/C11H7Te/c1-2-8-4-10-6-12-7-11(10)5-9(8)3-1/h1-2,4-6H,3H2. The molecular weight excluding hydrogens is 260 g/mol. The first-order chi connectivity index (χ1) is 5.93. The number of benzene rings is 1. The van der Waals surface area contributed by atoms with E-state index < -0.39 is 0 Å². The van der Waals surface area contributed by atoms with Crippen LogP contribution in [0.2, 0.25) is 0 Å². The van der Waals surface area contributed by atoms with Crippen LogP contribution >= 0.6 is 0 Å². The molecule has 1 aliphatic carbocycles. The maximum absolute atomic E-state index is 3.48. The normalized spacial score (nSPS) is 14.0. The van der Waals surface area contributed by atoms with Gasteiger partial charge in [-0.15, -0.1) is 0 Å². The summed E-state index contributed by atoms with van der Waals surface area (Å²) >= 11 is -0.0536. The van der Waals surface area contributed by atoms with Gasteiger partial charge >= 0.3 is 81.2 Å². The molecule has 0 saturated heterocycles. The van der Waals surface area contributed by atoms with Gasteiger partial charge in [-0.3, -0.25) is 0 Å². The van der Waals surface area contributed by atoms with Crippen LogP contribution in [0.25, 0.3) is 16.8 Å². The van der Waals surface area contributed by atoms with Crippen LogP contribution in [0.4, 0.5) is 0 Å². The number of rotatable bonds is 0. The van der Waals surface area contributed by atoms with Crippen molar-refractivity contribution in [3.8, 4) is 0 Å². The van der Waals surface area contributed by atoms with E-state index in [2.05, 4.69) is 32.4 Å². The van der Waals surface area contributed by atoms with E-state index in [1.165, 1.54) is 21.9 Å². The Bertz CT molecular complexity index is 463. The van der Waals surface area contributed by atoms with Gasteiger partial charge in [0.1, 0.15) is 0 Å². The number of hydrogen-bond acceptors (Lipinski definition) is 0. The monoisotopic (exact) mass is 269 g/mol. The van der Waals surface area contributed by atoms with Gasteiger partial charge < -0.3 is 0 Å². The van der Waals surface area contributed by atoms with Crippen molar-refractivity contribution in [1.82, 2.24) is 0 Å². The second-order valence-corrected chi connectivity index (χ2v) is 5.01. The Morgan fingerprint density at radius 3 is 3.33 bits per heavy atom. The summed E-state index contributed by atoms with van der Waals surface area (Å²) in [5, 5.41) is 2.78. The Balaban J connectivity index is 2.43. The summed E-state index contributed by atoms with van der Waals surface area (Å²) in [5.41, 5.74) is 2.89. The molecule has 57 valence electrons. The van der Waals surface area contributed by atoms with E-state index in [-0.39, 0.29) is 20.4 Å². The van der Waals surface area contributed by atoms with Crippen molar-refractivity contribution in [1.29, 1.82) is 0 Å². The predicted octanol–water partition coefficient (Wildman–Crippen LogP) is 2.27. The Kier molecular flexibility index (Phi) is 1.44. The summed E-state index contributed by atoms with van der Waals surface area (Å²) in [7, 11) is 0. The summed E-state index contributed by atoms with van der Waals surface area (Å²) in [6.07, 6.45) is 5.57. The average Bonchev–Trinajstić information content (AvgIpc) is 2.64. The molecule has 3 rings (SSSR count). The molecule has 1 heteroatoms. The van der Waals surface area contributed by atoms with E-state index in [9.17, 15) is 0 Å². The first-order valence-electron chi connectivity index (χ1n) is 4.02. The van der Waals surface area contributed by atoms with Crippen molar-refractivity contribution >= 4 is 37.3 Å². The van der Waals surface area contributed by atoms with Crippen molar-refractivity contribution in [3.05, 3.63) is 37.5 Å². The molecule has 1 heterocycles. The Morgan fingerprint density at radius 2 is 2.33 bits per heavy atom. The molecule has 0 nitrogen and oxygen atoms in total. The number of fused-ring (bicyclic) bond motifs is 2. The van der Waals surface area contributed by atoms with Crippen LogP contribution in [0.3, 0.4) is 0 Å². The summed E-state index contributed by atoms with van der Waals surface area (Å²) in [5.74, 6) is 0. The summed E-state index contributed by atoms with van der Waals surface area (Å²) in [4.78, 5) is 0. The second kappa shape index (κ2) is 2.49. The Hall–Kier alpha value is -0.510. The molecule has 12 heavy (non-hydrogen) atoms. The average molecular weight is 267 g/mol. The van der Waals surface area contributed by atoms with Crippen LogP contribution in [0.15, 0.2) is 22.3 Å². The zero-order valence-corrected chi connectivity index (χ0v) is 8.83. The molecular formula is C11H7Te. The van der Waals surface area contributed by atoms with Gasteiger partial charge in [-0.1, -0.05) is 0 Å². The van der Waals surface area contributed by atoms with Gasteiger partial charge in [0, 0.05) is 0 Å². The molecule has 1 radical (unpaired) electrons. The van der Waals surface area contributed by atoms with Gasteiger partial charge in [0.25, 0.3) is 0 Å². The van der Waals surface area contributed by atoms with Crippen LogP contribution in [-0.2, 0) is 6.42 Å². The van der Waals surface area contributed by atoms with Crippen LogP contribution in [0.1, 0.15) is 11.1 Å². The van der Waals surface area contributed by atoms with E-state index >= 15 is 0 Å². The van der Waals surface area contributed by atoms with E-state index in [4.69, 9.17) is 0 Å². The van der Waals surface area contributed by atoms with E-state index in [0.29, 0.717) is 0 Å². The van der Waals surface area contributed by atoms with Crippen molar-refractivity contribution in [3.63, 3.8) is 0 Å². The van der Waals surface area contributed by atoms with Crippen molar-refractivity contribution in [2.24, 2.45) is 0 Å². The molecule has 0 atom stereocenters. The fourth-order valence-corrected chi connectivity index (χ4v) is 3.62. The van der Waals surface area contributed by atoms with Crippen molar-refractivity contribution < 1.29 is 0 Å². The van der Waals surface area contributed by atoms with Crippen LogP contribution in [0, 0.1) is 4.08 Å². The predicted molar refractivity (Wildman–Crippen MR) is 52.5 cm³/mol. The quantitative estimate of drug-likeness (QED) is 0.642. The molecule has 0 aliphatic heterocycles. The fraction of sp³-hybridized carbons (Fsp3) is 0.0909. The summed E-state index contributed by atoms with van der Waals surface area (Å²) < 4.78 is 5.84. The molecule has 0 N–H and O–H groups in total. The molecule has 2 aromatic rings. The van der Waals surface area contributed by atoms with Crippen molar-refractivity contribution in [2.75, 3.05) is 0 Å². The first kappa shape index (κ1) is 6.95. The molecule has 0 unspecified atom stereocenters. The first-order valence-corrected chi connectivity index (χ1v) is 6.53. The molecule has 0 fully saturated rings. The van der Waals surface area contributed by atoms with Crippen LogP contribution in [0.5, 0.6) is 0 Å². The molecule has 1 aliphatic rings. The summed E-state index contributed by atoms with van der Waals surface area (Å²) in [6.45, 7) is 0. The van der Waals surface area contributed by atoms with Crippen molar-refractivity contribution in [2.45, 2.75) is 6.42 Å². The molecule has 1 aromatic heterocycles. The van der Waals surface area contributed by atoms with E-state index in [1.807, 2.05) is 0 Å². The zero-order valence-electron chi connectivity index (χ0n) is 6.50. The zero-order chi connectivity index (χ0) is 7.97. The summed E-state index contributed by atoms with van der Waals surface area (Å²) in [6, 6.07) is 4.61. The molecule has 1 aromatic carbocycles. The second-order valence-electron chi connectivity index (χ2n) is 3.08. The molecule has 0 saturated carbocycles. The SMILES string of the molecule is [c]1[te]cc2cc3c(cc12)CC=C3. The van der Waals surface area contributed by atoms with Crippen LogP contribution in [-0.4, -0.2) is 20.4 Å². The third kappa shape index (κ3) is 0.905.